The van der Waals surface area contributed by atoms with E-state index in [4.69, 9.17) is 10.5 Å². The van der Waals surface area contributed by atoms with Crippen molar-refractivity contribution in [3.63, 3.8) is 0 Å². The molecule has 1 heterocycles. The smallest absolute Gasteiger partial charge is 0.265 e. The minimum absolute atomic E-state index is 0.155. The number of carbonyl (C=O) groups excluding carboxylic acids is 1. The zero-order chi connectivity index (χ0) is 14.1. The van der Waals surface area contributed by atoms with Gasteiger partial charge in [0.1, 0.15) is 5.75 Å². The molecule has 5 heteroatoms. The number of rotatable bonds is 2. The lowest BCUT2D eigenvalue weighted by Gasteiger charge is -2.12. The van der Waals surface area contributed by atoms with Crippen LogP contribution in [0.2, 0.25) is 0 Å². The monoisotopic (exact) mass is 332 g/mol. The quantitative estimate of drug-likeness (QED) is 0.831. The summed E-state index contributed by atoms with van der Waals surface area (Å²) in [5, 5.41) is 2.84. The number of anilines is 2. The third kappa shape index (κ3) is 2.49. The van der Waals surface area contributed by atoms with Crippen molar-refractivity contribution in [2.75, 3.05) is 11.1 Å². The van der Waals surface area contributed by atoms with Crippen molar-refractivity contribution in [1.29, 1.82) is 0 Å². The van der Waals surface area contributed by atoms with Crippen LogP contribution < -0.4 is 15.8 Å². The van der Waals surface area contributed by atoms with Gasteiger partial charge >= 0.3 is 0 Å². The van der Waals surface area contributed by atoms with Gasteiger partial charge in [0.2, 0.25) is 0 Å². The van der Waals surface area contributed by atoms with Gasteiger partial charge in [-0.15, -0.1) is 0 Å². The summed E-state index contributed by atoms with van der Waals surface area (Å²) in [5.41, 5.74) is 8.10. The van der Waals surface area contributed by atoms with Gasteiger partial charge < -0.3 is 15.8 Å². The normalized spacial score (nSPS) is 16.4. The molecule has 2 aromatic carbocycles. The Morgan fingerprint density at radius 2 is 2.10 bits per heavy atom. The number of nitrogen functional groups attached to an aromatic ring is 1. The molecule has 1 aliphatic rings. The summed E-state index contributed by atoms with van der Waals surface area (Å²) in [6.45, 7) is 0. The van der Waals surface area contributed by atoms with Crippen molar-refractivity contribution in [2.24, 2.45) is 0 Å². The highest BCUT2D eigenvalue weighted by atomic mass is 79.9. The molecule has 3 rings (SSSR count). The van der Waals surface area contributed by atoms with Crippen LogP contribution in [0.3, 0.4) is 0 Å². The van der Waals surface area contributed by atoms with E-state index in [2.05, 4.69) is 21.2 Å². The highest BCUT2D eigenvalue weighted by Gasteiger charge is 2.28. The molecule has 0 bridgehead atoms. The Morgan fingerprint density at radius 1 is 1.30 bits per heavy atom. The average molecular weight is 333 g/mol. The number of nitrogens with one attached hydrogen (secondary N) is 1. The minimum atomic E-state index is -0.483. The fourth-order valence-corrected chi connectivity index (χ4v) is 2.53. The molecule has 0 spiro atoms. The largest absolute Gasteiger partial charge is 0.480 e. The Hall–Kier alpha value is -2.01. The Kier molecular flexibility index (Phi) is 3.36. The predicted molar refractivity (Wildman–Crippen MR) is 81.7 cm³/mol. The maximum atomic E-state index is 12.2. The lowest BCUT2D eigenvalue weighted by atomic mass is 10.1. The zero-order valence-corrected chi connectivity index (χ0v) is 12.2. The summed E-state index contributed by atoms with van der Waals surface area (Å²) in [5.74, 6) is 0.629. The molecule has 0 saturated carbocycles. The number of ether oxygens (including phenoxy) is 1. The van der Waals surface area contributed by atoms with Crippen molar-refractivity contribution in [3.05, 3.63) is 52.5 Å². The van der Waals surface area contributed by atoms with Crippen molar-refractivity contribution in [2.45, 2.75) is 12.5 Å². The van der Waals surface area contributed by atoms with Crippen LogP contribution in [0.15, 0.2) is 46.9 Å². The first-order valence-electron chi connectivity index (χ1n) is 6.24. The molecule has 0 aromatic heterocycles. The van der Waals surface area contributed by atoms with Gasteiger partial charge in [0, 0.05) is 22.3 Å². The molecule has 0 fully saturated rings. The van der Waals surface area contributed by atoms with E-state index in [1.54, 1.807) is 18.2 Å². The maximum Gasteiger partial charge on any atom is 0.265 e. The van der Waals surface area contributed by atoms with E-state index in [0.717, 1.165) is 15.8 Å². The van der Waals surface area contributed by atoms with E-state index in [1.807, 2.05) is 24.3 Å². The predicted octanol–water partition coefficient (Wildman–Crippen LogP) is 2.97. The van der Waals surface area contributed by atoms with Crippen LogP contribution in [-0.4, -0.2) is 12.0 Å². The van der Waals surface area contributed by atoms with Gasteiger partial charge in [-0.3, -0.25) is 4.79 Å². The standard InChI is InChI=1S/C15H13BrN2O2/c16-11-8-10(5-6-12(11)17)18-15(19)14-7-9-3-1-2-4-13(9)20-14/h1-6,8,14H,7,17H2,(H,18,19). The maximum absolute atomic E-state index is 12.2. The van der Waals surface area contributed by atoms with Crippen LogP contribution in [0.5, 0.6) is 5.75 Å². The molecule has 4 nitrogen and oxygen atoms in total. The Morgan fingerprint density at radius 3 is 2.85 bits per heavy atom. The number of para-hydroxylation sites is 1. The first-order valence-corrected chi connectivity index (χ1v) is 7.03. The highest BCUT2D eigenvalue weighted by Crippen LogP contribution is 2.29. The van der Waals surface area contributed by atoms with Gasteiger partial charge in [-0.25, -0.2) is 0 Å². The molecular weight excluding hydrogens is 320 g/mol. The lowest BCUT2D eigenvalue weighted by molar-refractivity contribution is -0.122. The molecule has 20 heavy (non-hydrogen) atoms. The van der Waals surface area contributed by atoms with Gasteiger partial charge in [-0.2, -0.15) is 0 Å². The molecule has 0 saturated heterocycles. The van der Waals surface area contributed by atoms with E-state index >= 15 is 0 Å². The lowest BCUT2D eigenvalue weighted by Crippen LogP contribution is -2.31. The van der Waals surface area contributed by atoms with Crippen molar-refractivity contribution >= 4 is 33.2 Å². The number of hydrogen-bond donors (Lipinski definition) is 2. The Balaban J connectivity index is 1.71. The summed E-state index contributed by atoms with van der Waals surface area (Å²) in [4.78, 5) is 12.2. The second kappa shape index (κ2) is 5.17. The Bertz CT molecular complexity index is 648. The van der Waals surface area contributed by atoms with E-state index < -0.39 is 6.10 Å². The van der Waals surface area contributed by atoms with E-state index in [1.165, 1.54) is 0 Å². The first-order chi connectivity index (χ1) is 9.63. The summed E-state index contributed by atoms with van der Waals surface area (Å²) < 4.78 is 6.40. The van der Waals surface area contributed by atoms with Crippen molar-refractivity contribution < 1.29 is 9.53 Å². The second-order valence-electron chi connectivity index (χ2n) is 4.64. The van der Waals surface area contributed by atoms with Gasteiger partial charge in [-0.1, -0.05) is 18.2 Å². The van der Waals surface area contributed by atoms with Crippen LogP contribution in [-0.2, 0) is 11.2 Å². The number of benzene rings is 2. The van der Waals surface area contributed by atoms with Crippen molar-refractivity contribution in [1.82, 2.24) is 0 Å². The van der Waals surface area contributed by atoms with Crippen LogP contribution in [0.4, 0.5) is 11.4 Å². The van der Waals surface area contributed by atoms with Gasteiger partial charge in [-0.05, 0) is 45.8 Å². The molecular formula is C15H13BrN2O2. The van der Waals surface area contributed by atoms with Crippen LogP contribution in [0.1, 0.15) is 5.56 Å². The van der Waals surface area contributed by atoms with E-state index in [-0.39, 0.29) is 5.91 Å². The molecule has 1 aliphatic heterocycles. The van der Waals surface area contributed by atoms with Crippen LogP contribution in [0.25, 0.3) is 0 Å². The molecule has 1 atom stereocenters. The second-order valence-corrected chi connectivity index (χ2v) is 5.50. The average Bonchev–Trinajstić information content (AvgIpc) is 2.87. The van der Waals surface area contributed by atoms with E-state index in [0.29, 0.717) is 17.8 Å². The van der Waals surface area contributed by atoms with E-state index in [9.17, 15) is 4.79 Å². The van der Waals surface area contributed by atoms with Crippen molar-refractivity contribution in [3.8, 4) is 5.75 Å². The fraction of sp³-hybridized carbons (Fsp3) is 0.133. The molecule has 2 aromatic rings. The topological polar surface area (TPSA) is 64.3 Å². The molecule has 0 aliphatic carbocycles. The van der Waals surface area contributed by atoms with Crippen LogP contribution in [0, 0.1) is 0 Å². The molecule has 1 amide bonds. The summed E-state index contributed by atoms with van der Waals surface area (Å²) in [6, 6.07) is 13.0. The minimum Gasteiger partial charge on any atom is -0.480 e. The first kappa shape index (κ1) is 13.0. The van der Waals surface area contributed by atoms with Crippen LogP contribution >= 0.6 is 15.9 Å². The number of fused-ring (bicyclic) bond motifs is 1. The molecule has 3 N–H and O–H groups in total. The number of amides is 1. The highest BCUT2D eigenvalue weighted by molar-refractivity contribution is 9.10. The third-order valence-electron chi connectivity index (χ3n) is 3.21. The fourth-order valence-electron chi connectivity index (χ4n) is 2.16. The molecule has 102 valence electrons. The van der Waals surface area contributed by atoms with Gasteiger partial charge in [0.15, 0.2) is 6.10 Å². The molecule has 0 radical (unpaired) electrons. The summed E-state index contributed by atoms with van der Waals surface area (Å²) in [6.07, 6.45) is 0.113. The third-order valence-corrected chi connectivity index (χ3v) is 3.89. The molecule has 1 unspecified atom stereocenters. The number of hydrogen-bond acceptors (Lipinski definition) is 3. The number of nitrogens with two attached hydrogens (primary N) is 1. The van der Waals surface area contributed by atoms with Gasteiger partial charge in [0.05, 0.1) is 0 Å². The van der Waals surface area contributed by atoms with Gasteiger partial charge in [0.25, 0.3) is 5.91 Å². The summed E-state index contributed by atoms with van der Waals surface area (Å²) in [7, 11) is 0. The number of carbonyl (C=O) groups is 1. The SMILES string of the molecule is Nc1ccc(NC(=O)C2Cc3ccccc3O2)cc1Br. The Labute approximate surface area is 125 Å². The number of halogens is 1. The summed E-state index contributed by atoms with van der Waals surface area (Å²) >= 11 is 3.34. The zero-order valence-electron chi connectivity index (χ0n) is 10.6.